The number of carbonyl (C=O) groups excluding carboxylic acids is 1. The molecule has 0 saturated carbocycles. The van der Waals surface area contributed by atoms with Gasteiger partial charge in [-0.1, -0.05) is 32.0 Å². The molecule has 1 saturated heterocycles. The maximum atomic E-state index is 12.0. The van der Waals surface area contributed by atoms with Crippen molar-refractivity contribution < 1.29 is 14.6 Å². The van der Waals surface area contributed by atoms with Crippen LogP contribution in [0.4, 0.5) is 0 Å². The predicted octanol–water partition coefficient (Wildman–Crippen LogP) is 2.40. The second-order valence-electron chi connectivity index (χ2n) is 7.15. The Bertz CT molecular complexity index is 547. The summed E-state index contributed by atoms with van der Waals surface area (Å²) in [6, 6.07) is 7.98. The molecule has 5 nitrogen and oxygen atoms in total. The van der Waals surface area contributed by atoms with Gasteiger partial charge in [-0.3, -0.25) is 9.69 Å². The molecule has 0 aliphatic carbocycles. The van der Waals surface area contributed by atoms with Crippen LogP contribution in [0.2, 0.25) is 0 Å². The lowest BCUT2D eigenvalue weighted by atomic mass is 9.97. The highest BCUT2D eigenvalue weighted by atomic mass is 16.5. The molecule has 1 aromatic rings. The Kier molecular flexibility index (Phi) is 7.72. The zero-order valence-corrected chi connectivity index (χ0v) is 15.7. The number of amides is 1. The monoisotopic (exact) mass is 348 g/mol. The SMILES string of the molecule is CCNC(=O)C1CCCN(CC(O)COc2ccccc2C(C)C)C1. The molecular weight excluding hydrogens is 316 g/mol. The van der Waals surface area contributed by atoms with E-state index in [9.17, 15) is 9.90 Å². The molecule has 0 radical (unpaired) electrons. The van der Waals surface area contributed by atoms with Crippen molar-refractivity contribution in [2.45, 2.75) is 45.6 Å². The molecule has 2 unspecified atom stereocenters. The van der Waals surface area contributed by atoms with E-state index in [-0.39, 0.29) is 18.4 Å². The Balaban J connectivity index is 1.82. The lowest BCUT2D eigenvalue weighted by Crippen LogP contribution is -2.46. The van der Waals surface area contributed by atoms with E-state index >= 15 is 0 Å². The first-order valence-corrected chi connectivity index (χ1v) is 9.41. The number of ether oxygens (including phenoxy) is 1. The number of benzene rings is 1. The van der Waals surface area contributed by atoms with E-state index in [1.54, 1.807) is 0 Å². The number of nitrogens with zero attached hydrogens (tertiary/aromatic N) is 1. The van der Waals surface area contributed by atoms with Crippen LogP contribution in [0, 0.1) is 5.92 Å². The summed E-state index contributed by atoms with van der Waals surface area (Å²) in [5, 5.41) is 13.3. The van der Waals surface area contributed by atoms with Crippen molar-refractivity contribution in [1.29, 1.82) is 0 Å². The van der Waals surface area contributed by atoms with E-state index in [0.717, 1.165) is 30.7 Å². The van der Waals surface area contributed by atoms with Crippen LogP contribution in [-0.2, 0) is 4.79 Å². The standard InChI is InChI=1S/C20H32N2O3/c1-4-21-20(24)16-8-7-11-22(12-16)13-17(23)14-25-19-10-6-5-9-18(19)15(2)3/h5-6,9-10,15-17,23H,4,7-8,11-14H2,1-3H3,(H,21,24). The molecule has 0 bridgehead atoms. The van der Waals surface area contributed by atoms with E-state index in [0.29, 0.717) is 25.6 Å². The topological polar surface area (TPSA) is 61.8 Å². The van der Waals surface area contributed by atoms with Crippen LogP contribution in [0.25, 0.3) is 0 Å². The van der Waals surface area contributed by atoms with Gasteiger partial charge in [-0.2, -0.15) is 0 Å². The number of β-amino-alcohol motifs (C(OH)–C–C–N with tert-alkyl or cyclic N) is 1. The molecule has 25 heavy (non-hydrogen) atoms. The summed E-state index contributed by atoms with van der Waals surface area (Å²) in [6.45, 7) is 9.32. The van der Waals surface area contributed by atoms with Gasteiger partial charge in [0.2, 0.25) is 5.91 Å². The van der Waals surface area contributed by atoms with E-state index in [4.69, 9.17) is 4.74 Å². The van der Waals surface area contributed by atoms with Gasteiger partial charge in [0.15, 0.2) is 0 Å². The number of aliphatic hydroxyl groups excluding tert-OH is 1. The van der Waals surface area contributed by atoms with E-state index < -0.39 is 6.10 Å². The molecule has 1 heterocycles. The van der Waals surface area contributed by atoms with Gasteiger partial charge in [0.1, 0.15) is 18.5 Å². The Morgan fingerprint density at radius 1 is 1.40 bits per heavy atom. The summed E-state index contributed by atoms with van der Waals surface area (Å²) in [5.74, 6) is 1.39. The average molecular weight is 348 g/mol. The van der Waals surface area contributed by atoms with Crippen LogP contribution in [0.15, 0.2) is 24.3 Å². The fourth-order valence-electron chi connectivity index (χ4n) is 3.38. The molecular formula is C20H32N2O3. The Morgan fingerprint density at radius 2 is 2.16 bits per heavy atom. The predicted molar refractivity (Wildman–Crippen MR) is 99.9 cm³/mol. The van der Waals surface area contributed by atoms with Gasteiger partial charge >= 0.3 is 0 Å². The molecule has 2 rings (SSSR count). The third-order valence-electron chi connectivity index (χ3n) is 4.67. The molecule has 1 aliphatic heterocycles. The van der Waals surface area contributed by atoms with Gasteiger partial charge in [0.05, 0.1) is 5.92 Å². The summed E-state index contributed by atoms with van der Waals surface area (Å²) >= 11 is 0. The Hall–Kier alpha value is -1.59. The second-order valence-corrected chi connectivity index (χ2v) is 7.15. The molecule has 140 valence electrons. The summed E-state index contributed by atoms with van der Waals surface area (Å²) in [5.41, 5.74) is 1.16. The summed E-state index contributed by atoms with van der Waals surface area (Å²) < 4.78 is 5.86. The minimum absolute atomic E-state index is 0.0310. The van der Waals surface area contributed by atoms with Crippen LogP contribution < -0.4 is 10.1 Å². The average Bonchev–Trinajstić information content (AvgIpc) is 2.60. The van der Waals surface area contributed by atoms with Crippen molar-refractivity contribution in [1.82, 2.24) is 10.2 Å². The molecule has 0 spiro atoms. The van der Waals surface area contributed by atoms with Crippen molar-refractivity contribution in [2.75, 3.05) is 32.8 Å². The third kappa shape index (κ3) is 6.01. The first kappa shape index (κ1) is 19.7. The fraction of sp³-hybridized carbons (Fsp3) is 0.650. The fourth-order valence-corrected chi connectivity index (χ4v) is 3.38. The molecule has 2 N–H and O–H groups in total. The van der Waals surface area contributed by atoms with Gasteiger partial charge in [-0.25, -0.2) is 0 Å². The molecule has 2 atom stereocenters. The van der Waals surface area contributed by atoms with Crippen LogP contribution >= 0.6 is 0 Å². The van der Waals surface area contributed by atoms with Crippen LogP contribution in [0.3, 0.4) is 0 Å². The Labute approximate surface area is 151 Å². The van der Waals surface area contributed by atoms with Gasteiger partial charge in [-0.15, -0.1) is 0 Å². The summed E-state index contributed by atoms with van der Waals surface area (Å²) in [6.07, 6.45) is 1.36. The van der Waals surface area contributed by atoms with E-state index in [1.807, 2.05) is 25.1 Å². The number of hydrogen-bond donors (Lipinski definition) is 2. The number of likely N-dealkylation sites (tertiary alicyclic amines) is 1. The van der Waals surface area contributed by atoms with E-state index in [1.165, 1.54) is 0 Å². The number of rotatable bonds is 8. The lowest BCUT2D eigenvalue weighted by Gasteiger charge is -2.33. The molecule has 1 aromatic carbocycles. The largest absolute Gasteiger partial charge is 0.491 e. The van der Waals surface area contributed by atoms with Gasteiger partial charge in [0.25, 0.3) is 0 Å². The highest BCUT2D eigenvalue weighted by Gasteiger charge is 2.26. The normalized spacial score (nSPS) is 19.6. The third-order valence-corrected chi connectivity index (χ3v) is 4.67. The first-order valence-electron chi connectivity index (χ1n) is 9.41. The van der Waals surface area contributed by atoms with Crippen molar-refractivity contribution in [3.63, 3.8) is 0 Å². The molecule has 1 amide bonds. The minimum atomic E-state index is -0.562. The molecule has 1 aliphatic rings. The number of hydrogen-bond acceptors (Lipinski definition) is 4. The zero-order valence-electron chi connectivity index (χ0n) is 15.7. The number of piperidine rings is 1. The smallest absolute Gasteiger partial charge is 0.224 e. The summed E-state index contributed by atoms with van der Waals surface area (Å²) in [4.78, 5) is 14.2. The van der Waals surface area contributed by atoms with E-state index in [2.05, 4.69) is 30.1 Å². The number of aliphatic hydroxyl groups is 1. The van der Waals surface area contributed by atoms with Gasteiger partial charge in [-0.05, 0) is 43.9 Å². The second kappa shape index (κ2) is 9.78. The summed E-state index contributed by atoms with van der Waals surface area (Å²) in [7, 11) is 0. The minimum Gasteiger partial charge on any atom is -0.491 e. The van der Waals surface area contributed by atoms with Crippen LogP contribution in [0.1, 0.15) is 45.1 Å². The molecule has 0 aromatic heterocycles. The zero-order chi connectivity index (χ0) is 18.2. The molecule has 1 fully saturated rings. The maximum Gasteiger partial charge on any atom is 0.224 e. The number of para-hydroxylation sites is 1. The van der Waals surface area contributed by atoms with Gasteiger partial charge in [0, 0.05) is 19.6 Å². The quantitative estimate of drug-likeness (QED) is 0.757. The lowest BCUT2D eigenvalue weighted by molar-refractivity contribution is -0.126. The molecule has 5 heteroatoms. The highest BCUT2D eigenvalue weighted by molar-refractivity contribution is 5.78. The van der Waals surface area contributed by atoms with Crippen LogP contribution in [-0.4, -0.2) is 54.8 Å². The maximum absolute atomic E-state index is 12.0. The number of nitrogens with one attached hydrogen (secondary N) is 1. The van der Waals surface area contributed by atoms with Crippen molar-refractivity contribution >= 4 is 5.91 Å². The first-order chi connectivity index (χ1) is 12.0. The van der Waals surface area contributed by atoms with Gasteiger partial charge < -0.3 is 15.2 Å². The van der Waals surface area contributed by atoms with Crippen LogP contribution in [0.5, 0.6) is 5.75 Å². The number of carbonyl (C=O) groups is 1. The van der Waals surface area contributed by atoms with Crippen molar-refractivity contribution in [3.05, 3.63) is 29.8 Å². The Morgan fingerprint density at radius 3 is 2.88 bits per heavy atom. The highest BCUT2D eigenvalue weighted by Crippen LogP contribution is 2.26. The van der Waals surface area contributed by atoms with Crippen molar-refractivity contribution in [3.8, 4) is 5.75 Å². The van der Waals surface area contributed by atoms with Crippen molar-refractivity contribution in [2.24, 2.45) is 5.92 Å².